The van der Waals surface area contributed by atoms with Gasteiger partial charge in [0.25, 0.3) is 0 Å². The van der Waals surface area contributed by atoms with E-state index in [0.29, 0.717) is 0 Å². The van der Waals surface area contributed by atoms with Crippen LogP contribution in [0.5, 0.6) is 0 Å². The first-order valence-corrected chi connectivity index (χ1v) is 5.95. The molecule has 0 amide bonds. The van der Waals surface area contributed by atoms with Gasteiger partial charge in [0, 0.05) is 20.3 Å². The van der Waals surface area contributed by atoms with Crippen LogP contribution in [0.4, 0.5) is 0 Å². The molecule has 0 aromatic carbocycles. The highest BCUT2D eigenvalue weighted by atomic mass is 16.5. The third kappa shape index (κ3) is 3.97. The van der Waals surface area contributed by atoms with Gasteiger partial charge in [-0.1, -0.05) is 13.8 Å². The second-order valence-corrected chi connectivity index (χ2v) is 4.77. The Hall–Kier alpha value is -0.0800. The van der Waals surface area contributed by atoms with Crippen LogP contribution in [0.1, 0.15) is 33.1 Å². The molecule has 1 saturated heterocycles. The third-order valence-corrected chi connectivity index (χ3v) is 3.40. The van der Waals surface area contributed by atoms with Crippen molar-refractivity contribution in [1.82, 2.24) is 4.90 Å². The maximum atomic E-state index is 5.07. The quantitative estimate of drug-likeness (QED) is 0.630. The van der Waals surface area contributed by atoms with Crippen molar-refractivity contribution in [2.75, 3.05) is 33.4 Å². The van der Waals surface area contributed by atoms with Gasteiger partial charge < -0.3 is 9.64 Å². The fourth-order valence-corrected chi connectivity index (χ4v) is 2.28. The molecule has 1 rings (SSSR count). The lowest BCUT2D eigenvalue weighted by Crippen LogP contribution is -2.36. The number of nitrogens with zero attached hydrogens (tertiary/aromatic N) is 1. The van der Waals surface area contributed by atoms with Gasteiger partial charge in [0.05, 0.1) is 0 Å². The third-order valence-electron chi connectivity index (χ3n) is 3.40. The summed E-state index contributed by atoms with van der Waals surface area (Å²) in [5, 5.41) is 0. The van der Waals surface area contributed by atoms with Crippen molar-refractivity contribution in [2.24, 2.45) is 11.8 Å². The van der Waals surface area contributed by atoms with Crippen molar-refractivity contribution in [3.63, 3.8) is 0 Å². The minimum absolute atomic E-state index is 0.871. The van der Waals surface area contributed by atoms with Gasteiger partial charge in [-0.2, -0.15) is 0 Å². The highest BCUT2D eigenvalue weighted by Gasteiger charge is 2.20. The SMILES string of the molecule is COCCCN1CCC(C(C)C)CC1. The summed E-state index contributed by atoms with van der Waals surface area (Å²) in [5.74, 6) is 1.84. The van der Waals surface area contributed by atoms with Crippen molar-refractivity contribution < 1.29 is 4.74 Å². The largest absolute Gasteiger partial charge is 0.385 e. The molecule has 1 fully saturated rings. The molecule has 0 aliphatic carbocycles. The Bertz CT molecular complexity index is 139. The number of piperidine rings is 1. The lowest BCUT2D eigenvalue weighted by molar-refractivity contribution is 0.133. The first-order chi connectivity index (χ1) is 6.74. The molecule has 14 heavy (non-hydrogen) atoms. The monoisotopic (exact) mass is 199 g/mol. The predicted octanol–water partition coefficient (Wildman–Crippen LogP) is 2.39. The number of hydrogen-bond donors (Lipinski definition) is 0. The van der Waals surface area contributed by atoms with E-state index in [1.54, 1.807) is 7.11 Å². The van der Waals surface area contributed by atoms with Crippen LogP contribution in [-0.4, -0.2) is 38.3 Å². The molecule has 0 bridgehead atoms. The summed E-state index contributed by atoms with van der Waals surface area (Å²) >= 11 is 0. The Morgan fingerprint density at radius 1 is 1.29 bits per heavy atom. The fraction of sp³-hybridized carbons (Fsp3) is 1.00. The standard InChI is InChI=1S/C12H25NO/c1-11(2)12-5-8-13(9-6-12)7-4-10-14-3/h11-12H,4-10H2,1-3H3. The summed E-state index contributed by atoms with van der Waals surface area (Å²) in [7, 11) is 1.78. The molecule has 0 N–H and O–H groups in total. The molecule has 0 saturated carbocycles. The van der Waals surface area contributed by atoms with Gasteiger partial charge in [-0.15, -0.1) is 0 Å². The van der Waals surface area contributed by atoms with Gasteiger partial charge in [-0.05, 0) is 44.2 Å². The predicted molar refractivity (Wildman–Crippen MR) is 60.5 cm³/mol. The van der Waals surface area contributed by atoms with Gasteiger partial charge in [-0.3, -0.25) is 0 Å². The Labute approximate surface area is 88.6 Å². The minimum Gasteiger partial charge on any atom is -0.385 e. The number of likely N-dealkylation sites (tertiary alicyclic amines) is 1. The summed E-state index contributed by atoms with van der Waals surface area (Å²) in [4.78, 5) is 2.58. The minimum atomic E-state index is 0.871. The van der Waals surface area contributed by atoms with Crippen molar-refractivity contribution in [2.45, 2.75) is 33.1 Å². The van der Waals surface area contributed by atoms with E-state index in [-0.39, 0.29) is 0 Å². The van der Waals surface area contributed by atoms with Crippen LogP contribution in [0.3, 0.4) is 0 Å². The zero-order chi connectivity index (χ0) is 10.4. The molecule has 0 radical (unpaired) electrons. The summed E-state index contributed by atoms with van der Waals surface area (Å²) in [6.07, 6.45) is 3.97. The van der Waals surface area contributed by atoms with E-state index in [1.165, 1.54) is 38.9 Å². The van der Waals surface area contributed by atoms with Crippen LogP contribution >= 0.6 is 0 Å². The van der Waals surface area contributed by atoms with E-state index < -0.39 is 0 Å². The molecule has 0 aromatic rings. The molecule has 0 unspecified atom stereocenters. The van der Waals surface area contributed by atoms with Crippen molar-refractivity contribution in [1.29, 1.82) is 0 Å². The fourth-order valence-electron chi connectivity index (χ4n) is 2.28. The summed E-state index contributed by atoms with van der Waals surface area (Å²) in [6.45, 7) is 9.43. The second-order valence-electron chi connectivity index (χ2n) is 4.77. The first-order valence-electron chi connectivity index (χ1n) is 5.95. The molecular formula is C12H25NO. The number of rotatable bonds is 5. The van der Waals surface area contributed by atoms with Gasteiger partial charge in [-0.25, -0.2) is 0 Å². The van der Waals surface area contributed by atoms with E-state index in [2.05, 4.69) is 18.7 Å². The molecule has 84 valence electrons. The Balaban J connectivity index is 2.09. The Kier molecular flexibility index (Phi) is 5.49. The number of ether oxygens (including phenoxy) is 1. The van der Waals surface area contributed by atoms with E-state index in [4.69, 9.17) is 4.74 Å². The molecule has 1 aliphatic heterocycles. The zero-order valence-electron chi connectivity index (χ0n) is 9.96. The van der Waals surface area contributed by atoms with E-state index >= 15 is 0 Å². The molecular weight excluding hydrogens is 174 g/mol. The molecule has 0 aromatic heterocycles. The van der Waals surface area contributed by atoms with Gasteiger partial charge in [0.2, 0.25) is 0 Å². The van der Waals surface area contributed by atoms with Gasteiger partial charge in [0.15, 0.2) is 0 Å². The Morgan fingerprint density at radius 2 is 1.93 bits per heavy atom. The van der Waals surface area contributed by atoms with E-state index in [1.807, 2.05) is 0 Å². The van der Waals surface area contributed by atoms with Crippen LogP contribution in [0.25, 0.3) is 0 Å². The molecule has 1 aliphatic rings. The summed E-state index contributed by atoms with van der Waals surface area (Å²) in [5.41, 5.74) is 0. The molecule has 1 heterocycles. The zero-order valence-corrected chi connectivity index (χ0v) is 9.96. The highest BCUT2D eigenvalue weighted by Crippen LogP contribution is 2.24. The summed E-state index contributed by atoms with van der Waals surface area (Å²) in [6, 6.07) is 0. The number of hydrogen-bond acceptors (Lipinski definition) is 2. The van der Waals surface area contributed by atoms with Crippen LogP contribution < -0.4 is 0 Å². The van der Waals surface area contributed by atoms with Crippen molar-refractivity contribution >= 4 is 0 Å². The maximum Gasteiger partial charge on any atom is 0.0474 e. The van der Waals surface area contributed by atoms with Crippen LogP contribution in [0, 0.1) is 11.8 Å². The number of methoxy groups -OCH3 is 1. The first kappa shape index (κ1) is 12.0. The van der Waals surface area contributed by atoms with Crippen LogP contribution in [0.15, 0.2) is 0 Å². The van der Waals surface area contributed by atoms with E-state index in [9.17, 15) is 0 Å². The van der Waals surface area contributed by atoms with Crippen LogP contribution in [-0.2, 0) is 4.74 Å². The Morgan fingerprint density at radius 3 is 2.43 bits per heavy atom. The average Bonchev–Trinajstić information content (AvgIpc) is 2.19. The van der Waals surface area contributed by atoms with Crippen molar-refractivity contribution in [3.05, 3.63) is 0 Å². The molecule has 0 atom stereocenters. The topological polar surface area (TPSA) is 12.5 Å². The smallest absolute Gasteiger partial charge is 0.0474 e. The van der Waals surface area contributed by atoms with Crippen LogP contribution in [0.2, 0.25) is 0 Å². The normalized spacial score (nSPS) is 20.6. The second kappa shape index (κ2) is 6.41. The maximum absolute atomic E-state index is 5.07. The lowest BCUT2D eigenvalue weighted by Gasteiger charge is -2.33. The lowest BCUT2D eigenvalue weighted by atomic mass is 9.87. The van der Waals surface area contributed by atoms with E-state index in [0.717, 1.165) is 18.4 Å². The molecule has 2 nitrogen and oxygen atoms in total. The molecule has 2 heteroatoms. The van der Waals surface area contributed by atoms with Gasteiger partial charge in [0.1, 0.15) is 0 Å². The van der Waals surface area contributed by atoms with Gasteiger partial charge >= 0.3 is 0 Å². The molecule has 0 spiro atoms. The average molecular weight is 199 g/mol. The summed E-state index contributed by atoms with van der Waals surface area (Å²) < 4.78 is 5.07. The highest BCUT2D eigenvalue weighted by molar-refractivity contribution is 4.73. The van der Waals surface area contributed by atoms with Crippen molar-refractivity contribution in [3.8, 4) is 0 Å².